The highest BCUT2D eigenvalue weighted by atomic mass is 33.1. The molecule has 4 heterocycles. The highest BCUT2D eigenvalue weighted by Gasteiger charge is 2.73. The summed E-state index contributed by atoms with van der Waals surface area (Å²) < 4.78 is 0. The number of piperazine rings is 1. The second kappa shape index (κ2) is 4.07. The molecule has 4 atom stereocenters. The summed E-state index contributed by atoms with van der Waals surface area (Å²) >= 11 is 0. The van der Waals surface area contributed by atoms with Gasteiger partial charge in [0, 0.05) is 13.5 Å². The molecule has 4 aliphatic heterocycles. The van der Waals surface area contributed by atoms with Gasteiger partial charge >= 0.3 is 0 Å². The van der Waals surface area contributed by atoms with Crippen LogP contribution in [-0.2, 0) is 9.59 Å². The van der Waals surface area contributed by atoms with Crippen LogP contribution in [0.2, 0.25) is 0 Å². The van der Waals surface area contributed by atoms with E-state index in [0.29, 0.717) is 6.42 Å². The van der Waals surface area contributed by atoms with Gasteiger partial charge in [-0.05, 0) is 16.4 Å². The SMILES string of the molecule is CN1C(=O)[C@@]23CC4=CC=C[C@H](O)C4N2C(=O)[C@]1(CO)SS3. The number of fused-ring (bicyclic) bond motifs is 3. The minimum Gasteiger partial charge on any atom is -0.392 e. The topological polar surface area (TPSA) is 81.1 Å². The molecule has 1 aliphatic carbocycles. The van der Waals surface area contributed by atoms with Crippen LogP contribution in [0.25, 0.3) is 0 Å². The number of nitrogens with zero attached hydrogens (tertiary/aromatic N) is 2. The Morgan fingerprint density at radius 3 is 2.86 bits per heavy atom. The molecule has 5 rings (SSSR count). The van der Waals surface area contributed by atoms with Gasteiger partial charge in [0.25, 0.3) is 11.8 Å². The van der Waals surface area contributed by atoms with E-state index in [1.54, 1.807) is 19.2 Å². The molecule has 2 N–H and O–H groups in total. The molecule has 0 aromatic heterocycles. The number of likely N-dealkylation sites (N-methyl/N-ethyl adjacent to an activating group) is 1. The summed E-state index contributed by atoms with van der Waals surface area (Å²) in [4.78, 5) is 26.4. The van der Waals surface area contributed by atoms with E-state index in [-0.39, 0.29) is 11.8 Å². The first-order valence-corrected chi connectivity index (χ1v) is 8.78. The van der Waals surface area contributed by atoms with Gasteiger partial charge in [-0.3, -0.25) is 9.59 Å². The zero-order chi connectivity index (χ0) is 15.0. The van der Waals surface area contributed by atoms with E-state index in [1.165, 1.54) is 31.4 Å². The lowest BCUT2D eigenvalue weighted by atomic mass is 9.97. The van der Waals surface area contributed by atoms with Crippen LogP contribution < -0.4 is 0 Å². The summed E-state index contributed by atoms with van der Waals surface area (Å²) in [6, 6.07) is -0.500. The molecule has 5 aliphatic rings. The first-order valence-electron chi connectivity index (χ1n) is 6.63. The Morgan fingerprint density at radius 1 is 1.38 bits per heavy atom. The lowest BCUT2D eigenvalue weighted by Crippen LogP contribution is -2.77. The minimum atomic E-state index is -1.28. The predicted molar refractivity (Wildman–Crippen MR) is 79.0 cm³/mol. The van der Waals surface area contributed by atoms with Crippen LogP contribution >= 0.6 is 21.6 Å². The second-order valence-electron chi connectivity index (χ2n) is 5.67. The number of rotatable bonds is 1. The minimum absolute atomic E-state index is 0.178. The molecule has 0 aromatic rings. The van der Waals surface area contributed by atoms with Crippen molar-refractivity contribution in [2.24, 2.45) is 0 Å². The Kier molecular flexibility index (Phi) is 2.65. The van der Waals surface area contributed by atoms with Gasteiger partial charge in [-0.15, -0.1) is 0 Å². The first-order chi connectivity index (χ1) is 9.98. The van der Waals surface area contributed by atoms with Crippen molar-refractivity contribution in [2.45, 2.75) is 28.3 Å². The molecular formula is C13H14N2O4S2. The number of hydrogen-bond donors (Lipinski definition) is 2. The number of hydrogen-bond acceptors (Lipinski definition) is 6. The second-order valence-corrected chi connectivity index (χ2v) is 8.36. The van der Waals surface area contributed by atoms with Gasteiger partial charge in [0.15, 0.2) is 4.87 Å². The summed E-state index contributed by atoms with van der Waals surface area (Å²) in [7, 11) is 4.14. The van der Waals surface area contributed by atoms with E-state index >= 15 is 0 Å². The molecule has 2 bridgehead atoms. The van der Waals surface area contributed by atoms with Gasteiger partial charge in [-0.1, -0.05) is 29.0 Å². The fraction of sp³-hybridized carbons (Fsp3) is 0.538. The molecule has 2 amide bonds. The number of carbonyl (C=O) groups excluding carboxylic acids is 2. The monoisotopic (exact) mass is 326 g/mol. The van der Waals surface area contributed by atoms with Crippen molar-refractivity contribution < 1.29 is 19.8 Å². The third kappa shape index (κ3) is 1.35. The lowest BCUT2D eigenvalue weighted by molar-refractivity contribution is -0.168. The molecule has 4 fully saturated rings. The van der Waals surface area contributed by atoms with Crippen molar-refractivity contribution in [1.29, 1.82) is 0 Å². The smallest absolute Gasteiger partial charge is 0.264 e. The third-order valence-corrected chi connectivity index (χ3v) is 8.33. The maximum atomic E-state index is 12.9. The molecule has 8 heteroatoms. The van der Waals surface area contributed by atoms with Crippen molar-refractivity contribution in [3.05, 3.63) is 23.8 Å². The number of aliphatic hydroxyl groups excluding tert-OH is 2. The van der Waals surface area contributed by atoms with Gasteiger partial charge in [0.1, 0.15) is 0 Å². The van der Waals surface area contributed by atoms with Crippen molar-refractivity contribution in [3.63, 3.8) is 0 Å². The number of amides is 2. The van der Waals surface area contributed by atoms with Gasteiger partial charge in [0.05, 0.1) is 18.8 Å². The Hall–Kier alpha value is -0.960. The Balaban J connectivity index is 1.90. The highest BCUT2D eigenvalue weighted by molar-refractivity contribution is 8.78. The van der Waals surface area contributed by atoms with Gasteiger partial charge in [0.2, 0.25) is 4.87 Å². The maximum absolute atomic E-state index is 12.9. The van der Waals surface area contributed by atoms with Crippen molar-refractivity contribution >= 4 is 33.4 Å². The average molecular weight is 326 g/mol. The third-order valence-electron chi connectivity index (χ3n) is 4.70. The van der Waals surface area contributed by atoms with Crippen LogP contribution in [0.15, 0.2) is 23.8 Å². The van der Waals surface area contributed by atoms with E-state index in [2.05, 4.69) is 0 Å². The Labute approximate surface area is 129 Å². The zero-order valence-electron chi connectivity index (χ0n) is 11.2. The largest absolute Gasteiger partial charge is 0.392 e. The quantitative estimate of drug-likeness (QED) is 0.644. The van der Waals surface area contributed by atoms with Crippen LogP contribution in [0.3, 0.4) is 0 Å². The summed E-state index contributed by atoms with van der Waals surface area (Å²) in [5.41, 5.74) is 0.892. The molecule has 0 saturated carbocycles. The van der Waals surface area contributed by atoms with Crippen LogP contribution in [0.5, 0.6) is 0 Å². The molecular weight excluding hydrogens is 312 g/mol. The molecule has 112 valence electrons. The van der Waals surface area contributed by atoms with Crippen LogP contribution in [-0.4, -0.2) is 67.4 Å². The summed E-state index contributed by atoms with van der Waals surface area (Å²) in [5, 5.41) is 20.0. The molecule has 6 nitrogen and oxygen atoms in total. The van der Waals surface area contributed by atoms with Crippen LogP contribution in [0.1, 0.15) is 6.42 Å². The van der Waals surface area contributed by atoms with E-state index in [4.69, 9.17) is 0 Å². The molecule has 1 unspecified atom stereocenters. The van der Waals surface area contributed by atoms with E-state index in [1.807, 2.05) is 6.08 Å². The fourth-order valence-corrected chi connectivity index (χ4v) is 7.12. The fourth-order valence-electron chi connectivity index (χ4n) is 3.55. The van der Waals surface area contributed by atoms with Crippen LogP contribution in [0.4, 0.5) is 0 Å². The van der Waals surface area contributed by atoms with E-state index in [0.717, 1.165) is 5.57 Å². The van der Waals surface area contributed by atoms with Gasteiger partial charge in [-0.25, -0.2) is 0 Å². The highest BCUT2D eigenvalue weighted by Crippen LogP contribution is 2.64. The zero-order valence-corrected chi connectivity index (χ0v) is 12.9. The van der Waals surface area contributed by atoms with Crippen LogP contribution in [0, 0.1) is 0 Å². The summed E-state index contributed by atoms with van der Waals surface area (Å²) in [6.07, 6.45) is 4.87. The molecule has 1 spiro atoms. The van der Waals surface area contributed by atoms with Crippen molar-refractivity contribution in [1.82, 2.24) is 9.80 Å². The predicted octanol–water partition coefficient (Wildman–Crippen LogP) is -0.304. The standard InChI is InChI=1S/C13H14N2O4S2/c1-14-10(18)12-5-7-3-2-4-8(17)9(7)15(12)11(19)13(14,6-16)21-20-12/h2-4,8-9,16-17H,5-6H2,1H3/t8-,9?,12-,13-/m0/s1. The lowest BCUT2D eigenvalue weighted by Gasteiger charge is -2.58. The number of aliphatic hydroxyl groups is 2. The average Bonchev–Trinajstić information content (AvgIpc) is 2.83. The van der Waals surface area contributed by atoms with Gasteiger partial charge < -0.3 is 20.0 Å². The number of carbonyl (C=O) groups is 2. The molecule has 0 aromatic carbocycles. The Morgan fingerprint density at radius 2 is 2.14 bits per heavy atom. The summed E-state index contributed by atoms with van der Waals surface area (Å²) in [6.45, 7) is -0.435. The molecule has 4 saturated heterocycles. The van der Waals surface area contributed by atoms with E-state index < -0.39 is 28.5 Å². The molecule has 21 heavy (non-hydrogen) atoms. The first kappa shape index (κ1) is 13.7. The Bertz CT molecular complexity index is 621. The maximum Gasteiger partial charge on any atom is 0.264 e. The van der Waals surface area contributed by atoms with Crippen molar-refractivity contribution in [3.8, 4) is 0 Å². The normalized spacial score (nSPS) is 44.0. The number of allylic oxidation sites excluding steroid dienone is 2. The van der Waals surface area contributed by atoms with Gasteiger partial charge in [-0.2, -0.15) is 0 Å². The summed E-state index contributed by atoms with van der Waals surface area (Å²) in [5.74, 6) is -0.471. The van der Waals surface area contributed by atoms with E-state index in [9.17, 15) is 19.8 Å². The van der Waals surface area contributed by atoms with Crippen molar-refractivity contribution in [2.75, 3.05) is 13.7 Å². The molecule has 0 radical (unpaired) electrons.